The fraction of sp³-hybridized carbons (Fsp3) is 0.222. The summed E-state index contributed by atoms with van der Waals surface area (Å²) in [4.78, 5) is 0. The van der Waals surface area contributed by atoms with E-state index in [-0.39, 0.29) is 5.82 Å². The molecule has 1 aromatic carbocycles. The summed E-state index contributed by atoms with van der Waals surface area (Å²) in [6.45, 7) is 0. The molecule has 0 saturated carbocycles. The zero-order valence-corrected chi connectivity index (χ0v) is 8.31. The van der Waals surface area contributed by atoms with E-state index in [9.17, 15) is 4.39 Å². The second kappa shape index (κ2) is 3.10. The summed E-state index contributed by atoms with van der Waals surface area (Å²) in [6, 6.07) is 3.21. The highest BCUT2D eigenvalue weighted by Crippen LogP contribution is 2.28. The zero-order chi connectivity index (χ0) is 9.42. The molecule has 2 nitrogen and oxygen atoms in total. The average molecular weight is 244 g/mol. The van der Waals surface area contributed by atoms with Crippen molar-refractivity contribution in [2.24, 2.45) is 5.16 Å². The molecule has 0 fully saturated rings. The normalized spacial score (nSPS) is 17.8. The van der Waals surface area contributed by atoms with Crippen LogP contribution in [-0.4, -0.2) is 10.9 Å². The number of benzene rings is 1. The number of halogens is 2. The minimum atomic E-state index is -0.233. The minimum absolute atomic E-state index is 0.233. The Morgan fingerprint density at radius 1 is 1.38 bits per heavy atom. The number of hydrogen-bond acceptors (Lipinski definition) is 2. The lowest BCUT2D eigenvalue weighted by atomic mass is 10.1. The summed E-state index contributed by atoms with van der Waals surface area (Å²) in [7, 11) is 0. The molecule has 0 heterocycles. The maximum absolute atomic E-state index is 13.3. The highest BCUT2D eigenvalue weighted by Gasteiger charge is 2.21. The lowest BCUT2D eigenvalue weighted by molar-refractivity contribution is 0.318. The smallest absolute Gasteiger partial charge is 0.128 e. The Balaban J connectivity index is 2.64. The highest BCUT2D eigenvalue weighted by molar-refractivity contribution is 9.10. The molecule has 0 aromatic heterocycles. The van der Waals surface area contributed by atoms with Crippen LogP contribution >= 0.6 is 15.9 Å². The molecule has 0 radical (unpaired) electrons. The molecule has 0 atom stereocenters. The van der Waals surface area contributed by atoms with Gasteiger partial charge in [0.15, 0.2) is 0 Å². The molecule has 0 aliphatic heterocycles. The molecular weight excluding hydrogens is 237 g/mol. The first-order valence-corrected chi connectivity index (χ1v) is 4.71. The Labute approximate surface area is 83.2 Å². The highest BCUT2D eigenvalue weighted by atomic mass is 79.9. The third kappa shape index (κ3) is 1.35. The van der Waals surface area contributed by atoms with Crippen molar-refractivity contribution < 1.29 is 9.60 Å². The molecule has 0 spiro atoms. The molecule has 13 heavy (non-hydrogen) atoms. The molecule has 0 saturated heterocycles. The van der Waals surface area contributed by atoms with Gasteiger partial charge in [0, 0.05) is 10.0 Å². The van der Waals surface area contributed by atoms with E-state index in [4.69, 9.17) is 5.21 Å². The van der Waals surface area contributed by atoms with E-state index in [1.165, 1.54) is 6.07 Å². The number of rotatable bonds is 0. The molecule has 68 valence electrons. The summed E-state index contributed by atoms with van der Waals surface area (Å²) in [6.07, 6.45) is 1.23. The van der Waals surface area contributed by atoms with Crippen LogP contribution in [0.15, 0.2) is 21.8 Å². The van der Waals surface area contributed by atoms with E-state index in [2.05, 4.69) is 21.1 Å². The molecule has 0 unspecified atom stereocenters. The standard InChI is InChI=1S/C9H7BrFNO/c10-5-3-7-6(8(11)4-5)1-2-9(7)12-13/h3-4,13H,1-2H2/b12-9-. The van der Waals surface area contributed by atoms with Crippen molar-refractivity contribution in [1.82, 2.24) is 0 Å². The molecule has 1 aliphatic rings. The number of hydrogen-bond donors (Lipinski definition) is 1. The number of oxime groups is 1. The van der Waals surface area contributed by atoms with Gasteiger partial charge in [0.05, 0.1) is 5.71 Å². The topological polar surface area (TPSA) is 32.6 Å². The van der Waals surface area contributed by atoms with Crippen molar-refractivity contribution in [2.75, 3.05) is 0 Å². The Morgan fingerprint density at radius 2 is 2.15 bits per heavy atom. The fourth-order valence-electron chi connectivity index (χ4n) is 1.60. The monoisotopic (exact) mass is 243 g/mol. The predicted octanol–water partition coefficient (Wildman–Crippen LogP) is 2.71. The van der Waals surface area contributed by atoms with E-state index in [1.54, 1.807) is 6.07 Å². The van der Waals surface area contributed by atoms with Gasteiger partial charge in [-0.25, -0.2) is 4.39 Å². The molecular formula is C9H7BrFNO. The van der Waals surface area contributed by atoms with Crippen LogP contribution in [0.5, 0.6) is 0 Å². The Morgan fingerprint density at radius 3 is 2.85 bits per heavy atom. The third-order valence-corrected chi connectivity index (χ3v) is 2.66. The summed E-state index contributed by atoms with van der Waals surface area (Å²) in [5.74, 6) is -0.233. The fourth-order valence-corrected chi connectivity index (χ4v) is 2.03. The first-order valence-electron chi connectivity index (χ1n) is 3.91. The van der Waals surface area contributed by atoms with Crippen LogP contribution in [0.4, 0.5) is 4.39 Å². The molecule has 2 rings (SSSR count). The van der Waals surface area contributed by atoms with Crippen molar-refractivity contribution in [1.29, 1.82) is 0 Å². The van der Waals surface area contributed by atoms with Gasteiger partial charge in [-0.15, -0.1) is 0 Å². The van der Waals surface area contributed by atoms with Crippen molar-refractivity contribution >= 4 is 21.6 Å². The van der Waals surface area contributed by atoms with Gasteiger partial charge in [0.1, 0.15) is 5.82 Å². The van der Waals surface area contributed by atoms with E-state index >= 15 is 0 Å². The molecule has 4 heteroatoms. The van der Waals surface area contributed by atoms with Gasteiger partial charge in [-0.1, -0.05) is 21.1 Å². The minimum Gasteiger partial charge on any atom is -0.411 e. The lowest BCUT2D eigenvalue weighted by Crippen LogP contribution is -1.95. The third-order valence-electron chi connectivity index (χ3n) is 2.20. The van der Waals surface area contributed by atoms with Crippen LogP contribution in [0.2, 0.25) is 0 Å². The predicted molar refractivity (Wildman–Crippen MR) is 50.7 cm³/mol. The van der Waals surface area contributed by atoms with Crippen LogP contribution < -0.4 is 0 Å². The van der Waals surface area contributed by atoms with E-state index in [0.29, 0.717) is 28.6 Å². The molecule has 1 aromatic rings. The van der Waals surface area contributed by atoms with E-state index < -0.39 is 0 Å². The van der Waals surface area contributed by atoms with Crippen LogP contribution in [-0.2, 0) is 6.42 Å². The Hall–Kier alpha value is -0.900. The second-order valence-electron chi connectivity index (χ2n) is 2.96. The van der Waals surface area contributed by atoms with Crippen molar-refractivity contribution in [3.05, 3.63) is 33.5 Å². The second-order valence-corrected chi connectivity index (χ2v) is 3.88. The van der Waals surface area contributed by atoms with Crippen molar-refractivity contribution in [3.8, 4) is 0 Å². The van der Waals surface area contributed by atoms with Gasteiger partial charge in [-0.3, -0.25) is 0 Å². The van der Waals surface area contributed by atoms with Gasteiger partial charge in [0.2, 0.25) is 0 Å². The average Bonchev–Trinajstić information content (AvgIpc) is 2.47. The van der Waals surface area contributed by atoms with Gasteiger partial charge in [-0.2, -0.15) is 0 Å². The number of fused-ring (bicyclic) bond motifs is 1. The van der Waals surface area contributed by atoms with Gasteiger partial charge >= 0.3 is 0 Å². The summed E-state index contributed by atoms with van der Waals surface area (Å²) < 4.78 is 14.0. The molecule has 0 amide bonds. The van der Waals surface area contributed by atoms with Crippen LogP contribution in [0.25, 0.3) is 0 Å². The Bertz CT molecular complexity index is 389. The van der Waals surface area contributed by atoms with E-state index in [0.717, 1.165) is 5.56 Å². The maximum atomic E-state index is 13.3. The molecule has 1 N–H and O–H groups in total. The quantitative estimate of drug-likeness (QED) is 0.552. The maximum Gasteiger partial charge on any atom is 0.128 e. The van der Waals surface area contributed by atoms with Crippen molar-refractivity contribution in [2.45, 2.75) is 12.8 Å². The van der Waals surface area contributed by atoms with E-state index in [1.807, 2.05) is 0 Å². The molecule has 1 aliphatic carbocycles. The Kier molecular flexibility index (Phi) is 2.07. The lowest BCUT2D eigenvalue weighted by Gasteiger charge is -2.01. The largest absolute Gasteiger partial charge is 0.411 e. The van der Waals surface area contributed by atoms with Crippen LogP contribution in [0.3, 0.4) is 0 Å². The SMILES string of the molecule is O/N=C1/CCc2c(F)cc(Br)cc21. The van der Waals surface area contributed by atoms with Gasteiger partial charge in [-0.05, 0) is 30.5 Å². The van der Waals surface area contributed by atoms with Crippen LogP contribution in [0.1, 0.15) is 17.5 Å². The summed E-state index contributed by atoms with van der Waals surface area (Å²) in [5.41, 5.74) is 1.93. The first-order chi connectivity index (χ1) is 6.22. The first kappa shape index (κ1) is 8.69. The summed E-state index contributed by atoms with van der Waals surface area (Å²) in [5, 5.41) is 11.8. The van der Waals surface area contributed by atoms with Gasteiger partial charge < -0.3 is 5.21 Å². The summed E-state index contributed by atoms with van der Waals surface area (Å²) >= 11 is 3.20. The van der Waals surface area contributed by atoms with Crippen molar-refractivity contribution in [3.63, 3.8) is 0 Å². The zero-order valence-electron chi connectivity index (χ0n) is 6.72. The number of nitrogens with zero attached hydrogens (tertiary/aromatic N) is 1. The van der Waals surface area contributed by atoms with Crippen LogP contribution in [0, 0.1) is 5.82 Å². The molecule has 0 bridgehead atoms. The van der Waals surface area contributed by atoms with Gasteiger partial charge in [0.25, 0.3) is 0 Å².